The summed E-state index contributed by atoms with van der Waals surface area (Å²) in [5.74, 6) is -0.405. The molecule has 3 rings (SSSR count). The molecule has 0 aromatic heterocycles. The highest BCUT2D eigenvalue weighted by Crippen LogP contribution is 2.30. The van der Waals surface area contributed by atoms with Crippen molar-refractivity contribution in [3.63, 3.8) is 0 Å². The molecule has 0 saturated carbocycles. The molecular weight excluding hydrogens is 479 g/mol. The fraction of sp³-hybridized carbons (Fsp3) is 0.240. The number of hydrogen-bond donors (Lipinski definition) is 1. The number of halogens is 2. The van der Waals surface area contributed by atoms with Gasteiger partial charge in [-0.15, -0.1) is 0 Å². The molecule has 3 aromatic rings. The van der Waals surface area contributed by atoms with Crippen LogP contribution < -0.4 is 9.62 Å². The Morgan fingerprint density at radius 3 is 2.27 bits per heavy atom. The predicted octanol–water partition coefficient (Wildman–Crippen LogP) is 5.63. The van der Waals surface area contributed by atoms with E-state index in [1.54, 1.807) is 12.1 Å². The van der Waals surface area contributed by atoms with Crippen molar-refractivity contribution in [2.75, 3.05) is 10.8 Å². The van der Waals surface area contributed by atoms with Gasteiger partial charge in [-0.2, -0.15) is 0 Å². The van der Waals surface area contributed by atoms with Crippen LogP contribution in [0.15, 0.2) is 77.7 Å². The molecule has 33 heavy (non-hydrogen) atoms. The highest BCUT2D eigenvalue weighted by Gasteiger charge is 2.28. The van der Waals surface area contributed by atoms with Gasteiger partial charge in [0.15, 0.2) is 0 Å². The number of hydrogen-bond acceptors (Lipinski definition) is 3. The van der Waals surface area contributed by atoms with Crippen LogP contribution in [-0.4, -0.2) is 26.9 Å². The summed E-state index contributed by atoms with van der Waals surface area (Å²) in [5, 5.41) is 3.41. The number of aryl methyl sites for hydroxylation is 2. The molecule has 8 heteroatoms. The summed E-state index contributed by atoms with van der Waals surface area (Å²) in [5.41, 5.74) is 2.37. The monoisotopic (exact) mass is 504 g/mol. The van der Waals surface area contributed by atoms with E-state index in [-0.39, 0.29) is 28.2 Å². The summed E-state index contributed by atoms with van der Waals surface area (Å²) in [6, 6.07) is 20.8. The lowest BCUT2D eigenvalue weighted by atomic mass is 10.1. The standard InChI is InChI=1S/C25H26Cl2N2O3S/c1-18-8-13-22(14-9-18)33(31,32)29(21-12-15-23(26)24(27)16-21)17-25(30)28-19(2)10-11-20-6-4-3-5-7-20/h3-9,12-16,19H,10-11,17H2,1-2H3,(H,28,30)/t19-/m1/s1. The molecule has 1 amide bonds. The number of benzene rings is 3. The number of nitrogens with zero attached hydrogens (tertiary/aromatic N) is 1. The van der Waals surface area contributed by atoms with Crippen LogP contribution in [0.5, 0.6) is 0 Å². The Morgan fingerprint density at radius 1 is 0.970 bits per heavy atom. The molecule has 174 valence electrons. The fourth-order valence-corrected chi connectivity index (χ4v) is 5.05. The first-order chi connectivity index (χ1) is 15.7. The number of carbonyl (C=O) groups excluding carboxylic acids is 1. The lowest BCUT2D eigenvalue weighted by Crippen LogP contribution is -2.43. The maximum Gasteiger partial charge on any atom is 0.264 e. The molecule has 3 aromatic carbocycles. The number of carbonyl (C=O) groups is 1. The number of sulfonamides is 1. The van der Waals surface area contributed by atoms with Gasteiger partial charge in [-0.25, -0.2) is 8.42 Å². The largest absolute Gasteiger partial charge is 0.352 e. The van der Waals surface area contributed by atoms with Crippen LogP contribution in [0.4, 0.5) is 5.69 Å². The molecule has 0 aliphatic heterocycles. The molecule has 0 radical (unpaired) electrons. The van der Waals surface area contributed by atoms with E-state index in [0.29, 0.717) is 5.02 Å². The van der Waals surface area contributed by atoms with Crippen molar-refractivity contribution in [2.45, 2.75) is 37.6 Å². The van der Waals surface area contributed by atoms with Crippen molar-refractivity contribution in [1.29, 1.82) is 0 Å². The zero-order valence-electron chi connectivity index (χ0n) is 18.5. The second-order valence-electron chi connectivity index (χ2n) is 7.92. The molecule has 0 unspecified atom stereocenters. The van der Waals surface area contributed by atoms with Crippen LogP contribution in [0.1, 0.15) is 24.5 Å². The molecule has 1 atom stereocenters. The van der Waals surface area contributed by atoms with E-state index >= 15 is 0 Å². The van der Waals surface area contributed by atoms with Crippen molar-refractivity contribution in [2.24, 2.45) is 0 Å². The van der Waals surface area contributed by atoms with E-state index in [1.165, 1.54) is 35.9 Å². The fourth-order valence-electron chi connectivity index (χ4n) is 3.34. The van der Waals surface area contributed by atoms with Gasteiger partial charge >= 0.3 is 0 Å². The Labute approximate surface area is 205 Å². The summed E-state index contributed by atoms with van der Waals surface area (Å²) in [7, 11) is -4.02. The molecule has 0 aliphatic carbocycles. The molecule has 0 bridgehead atoms. The minimum Gasteiger partial charge on any atom is -0.352 e. The molecule has 1 N–H and O–H groups in total. The molecule has 0 spiro atoms. The van der Waals surface area contributed by atoms with Crippen molar-refractivity contribution in [3.8, 4) is 0 Å². The normalized spacial score (nSPS) is 12.2. The second-order valence-corrected chi connectivity index (χ2v) is 10.6. The summed E-state index contributed by atoms with van der Waals surface area (Å²) >= 11 is 12.2. The Morgan fingerprint density at radius 2 is 1.64 bits per heavy atom. The molecular formula is C25H26Cl2N2O3S. The van der Waals surface area contributed by atoms with E-state index in [9.17, 15) is 13.2 Å². The van der Waals surface area contributed by atoms with Crippen molar-refractivity contribution >= 4 is 44.8 Å². The highest BCUT2D eigenvalue weighted by atomic mass is 35.5. The first-order valence-corrected chi connectivity index (χ1v) is 12.7. The average Bonchev–Trinajstić information content (AvgIpc) is 2.79. The van der Waals surface area contributed by atoms with Crippen LogP contribution in [0.25, 0.3) is 0 Å². The van der Waals surface area contributed by atoms with Crippen molar-refractivity contribution < 1.29 is 13.2 Å². The van der Waals surface area contributed by atoms with Gasteiger partial charge in [0.2, 0.25) is 5.91 Å². The number of anilines is 1. The van der Waals surface area contributed by atoms with Gasteiger partial charge in [-0.1, -0.05) is 71.2 Å². The Balaban J connectivity index is 1.79. The minimum atomic E-state index is -4.02. The lowest BCUT2D eigenvalue weighted by molar-refractivity contribution is -0.120. The maximum atomic E-state index is 13.4. The summed E-state index contributed by atoms with van der Waals surface area (Å²) in [6.07, 6.45) is 1.54. The van der Waals surface area contributed by atoms with E-state index in [0.717, 1.165) is 22.7 Å². The zero-order chi connectivity index (χ0) is 24.0. The summed E-state index contributed by atoms with van der Waals surface area (Å²) in [4.78, 5) is 12.9. The van der Waals surface area contributed by atoms with Crippen LogP contribution in [0.2, 0.25) is 10.0 Å². The third-order valence-corrected chi connectivity index (χ3v) is 7.73. The van der Waals surface area contributed by atoms with Crippen LogP contribution in [0, 0.1) is 6.92 Å². The lowest BCUT2D eigenvalue weighted by Gasteiger charge is -2.25. The van der Waals surface area contributed by atoms with E-state index in [1.807, 2.05) is 44.2 Å². The Bertz CT molecular complexity index is 1200. The molecule has 5 nitrogen and oxygen atoms in total. The van der Waals surface area contributed by atoms with Crippen molar-refractivity contribution in [3.05, 3.63) is 94.0 Å². The van der Waals surface area contributed by atoms with Gasteiger partial charge in [0.25, 0.3) is 10.0 Å². The molecule has 0 aliphatic rings. The number of amides is 1. The van der Waals surface area contributed by atoms with Gasteiger partial charge in [-0.3, -0.25) is 9.10 Å². The predicted molar refractivity (Wildman–Crippen MR) is 135 cm³/mol. The highest BCUT2D eigenvalue weighted by molar-refractivity contribution is 7.92. The first-order valence-electron chi connectivity index (χ1n) is 10.5. The van der Waals surface area contributed by atoms with Gasteiger partial charge < -0.3 is 5.32 Å². The average molecular weight is 505 g/mol. The summed E-state index contributed by atoms with van der Waals surface area (Å²) in [6.45, 7) is 3.39. The van der Waals surface area contributed by atoms with Crippen LogP contribution in [0.3, 0.4) is 0 Å². The van der Waals surface area contributed by atoms with Gasteiger partial charge in [-0.05, 0) is 62.6 Å². The van der Waals surface area contributed by atoms with E-state index < -0.39 is 15.9 Å². The quantitative estimate of drug-likeness (QED) is 0.410. The Kier molecular flexibility index (Phi) is 8.40. The van der Waals surface area contributed by atoms with Gasteiger partial charge in [0.05, 0.1) is 20.6 Å². The number of rotatable bonds is 9. The summed E-state index contributed by atoms with van der Waals surface area (Å²) < 4.78 is 27.9. The maximum absolute atomic E-state index is 13.4. The van der Waals surface area contributed by atoms with E-state index in [2.05, 4.69) is 5.32 Å². The first kappa shape index (κ1) is 25.1. The topological polar surface area (TPSA) is 66.5 Å². The van der Waals surface area contributed by atoms with Gasteiger partial charge in [0, 0.05) is 6.04 Å². The zero-order valence-corrected chi connectivity index (χ0v) is 20.8. The van der Waals surface area contributed by atoms with E-state index in [4.69, 9.17) is 23.2 Å². The van der Waals surface area contributed by atoms with Crippen LogP contribution in [-0.2, 0) is 21.2 Å². The number of nitrogens with one attached hydrogen (secondary N) is 1. The minimum absolute atomic E-state index is 0.0871. The SMILES string of the molecule is Cc1ccc(S(=O)(=O)N(CC(=O)N[C@H](C)CCc2ccccc2)c2ccc(Cl)c(Cl)c2)cc1. The smallest absolute Gasteiger partial charge is 0.264 e. The third kappa shape index (κ3) is 6.73. The third-order valence-electron chi connectivity index (χ3n) is 5.20. The molecule has 0 fully saturated rings. The second kappa shape index (κ2) is 11.1. The Hall–Kier alpha value is -2.54. The molecule has 0 saturated heterocycles. The van der Waals surface area contributed by atoms with Crippen LogP contribution >= 0.6 is 23.2 Å². The van der Waals surface area contributed by atoms with Crippen molar-refractivity contribution in [1.82, 2.24) is 5.32 Å². The molecule has 0 heterocycles. The van der Waals surface area contributed by atoms with Gasteiger partial charge in [0.1, 0.15) is 6.54 Å².